The molecule has 1 aliphatic rings. The summed E-state index contributed by atoms with van der Waals surface area (Å²) >= 11 is 3.43. The highest BCUT2D eigenvalue weighted by Gasteiger charge is 2.24. The molecule has 5 heteroatoms. The van der Waals surface area contributed by atoms with Gasteiger partial charge in [0, 0.05) is 29.2 Å². The Labute approximate surface area is 134 Å². The van der Waals surface area contributed by atoms with Crippen LogP contribution < -0.4 is 10.1 Å². The zero-order valence-corrected chi connectivity index (χ0v) is 14.0. The summed E-state index contributed by atoms with van der Waals surface area (Å²) in [5.41, 5.74) is 0.895. The number of likely N-dealkylation sites (tertiary alicyclic amines) is 1. The molecule has 0 saturated carbocycles. The van der Waals surface area contributed by atoms with Crippen molar-refractivity contribution < 1.29 is 9.53 Å². The molecule has 0 bridgehead atoms. The van der Waals surface area contributed by atoms with Crippen LogP contribution in [0.1, 0.15) is 12.0 Å². The highest BCUT2D eigenvalue weighted by atomic mass is 79.9. The van der Waals surface area contributed by atoms with Crippen molar-refractivity contribution in [2.75, 3.05) is 33.8 Å². The third kappa shape index (κ3) is 4.32. The van der Waals surface area contributed by atoms with E-state index in [9.17, 15) is 4.79 Å². The van der Waals surface area contributed by atoms with Crippen molar-refractivity contribution in [1.82, 2.24) is 10.2 Å². The van der Waals surface area contributed by atoms with Crippen molar-refractivity contribution >= 4 is 27.9 Å². The molecule has 0 aromatic heterocycles. The first-order valence-corrected chi connectivity index (χ1v) is 7.88. The summed E-state index contributed by atoms with van der Waals surface area (Å²) < 4.78 is 6.27. The van der Waals surface area contributed by atoms with Crippen LogP contribution in [0.4, 0.5) is 0 Å². The molecule has 1 saturated heterocycles. The number of ether oxygens (including phenoxy) is 1. The quantitative estimate of drug-likeness (QED) is 0.828. The van der Waals surface area contributed by atoms with E-state index in [4.69, 9.17) is 4.74 Å². The van der Waals surface area contributed by atoms with Crippen molar-refractivity contribution in [2.24, 2.45) is 5.92 Å². The minimum absolute atomic E-state index is 0.0654. The first-order valence-electron chi connectivity index (χ1n) is 7.09. The standard InChI is InChI=1S/C16H21BrN2O2/c1-18-10-12-7-8-19(11-12)16(20)6-3-13-9-14(17)4-5-15(13)21-2/h3-6,9,12,18H,7-8,10-11H2,1-2H3/b6-3+. The Morgan fingerprint density at radius 1 is 1.57 bits per heavy atom. The number of hydrogen-bond acceptors (Lipinski definition) is 3. The fourth-order valence-corrected chi connectivity index (χ4v) is 2.97. The van der Waals surface area contributed by atoms with Crippen LogP contribution in [0.25, 0.3) is 6.08 Å². The number of nitrogens with zero attached hydrogens (tertiary/aromatic N) is 1. The number of nitrogens with one attached hydrogen (secondary N) is 1. The van der Waals surface area contributed by atoms with Crippen molar-refractivity contribution in [3.63, 3.8) is 0 Å². The van der Waals surface area contributed by atoms with Gasteiger partial charge in [0.15, 0.2) is 0 Å². The number of rotatable bonds is 5. The second kappa shape index (κ2) is 7.61. The van der Waals surface area contributed by atoms with Crippen LogP contribution in [0.2, 0.25) is 0 Å². The van der Waals surface area contributed by atoms with E-state index in [2.05, 4.69) is 21.2 Å². The molecule has 114 valence electrons. The Hall–Kier alpha value is -1.33. The van der Waals surface area contributed by atoms with E-state index in [1.807, 2.05) is 36.2 Å². The summed E-state index contributed by atoms with van der Waals surface area (Å²) in [4.78, 5) is 14.1. The van der Waals surface area contributed by atoms with Crippen LogP contribution in [0.15, 0.2) is 28.7 Å². The van der Waals surface area contributed by atoms with Crippen LogP contribution >= 0.6 is 15.9 Å². The van der Waals surface area contributed by atoms with Gasteiger partial charge in [0.25, 0.3) is 0 Å². The SMILES string of the molecule is CNCC1CCN(C(=O)/C=C/c2cc(Br)ccc2OC)C1. The molecule has 21 heavy (non-hydrogen) atoms. The number of amides is 1. The van der Waals surface area contributed by atoms with Crippen LogP contribution in [-0.2, 0) is 4.79 Å². The topological polar surface area (TPSA) is 41.6 Å². The highest BCUT2D eigenvalue weighted by Crippen LogP contribution is 2.24. The normalized spacial score (nSPS) is 18.4. The van der Waals surface area contributed by atoms with E-state index >= 15 is 0 Å². The third-order valence-corrected chi connectivity index (χ3v) is 4.18. The van der Waals surface area contributed by atoms with Gasteiger partial charge in [0.05, 0.1) is 7.11 Å². The van der Waals surface area contributed by atoms with Gasteiger partial charge in [0.1, 0.15) is 5.75 Å². The molecule has 1 atom stereocenters. The minimum atomic E-state index is 0.0654. The van der Waals surface area contributed by atoms with Crippen molar-refractivity contribution in [3.8, 4) is 5.75 Å². The largest absolute Gasteiger partial charge is 0.496 e. The molecular weight excluding hydrogens is 332 g/mol. The van der Waals surface area contributed by atoms with Gasteiger partial charge in [-0.3, -0.25) is 4.79 Å². The predicted octanol–water partition coefficient (Wildman–Crippen LogP) is 2.54. The second-order valence-corrected chi connectivity index (χ2v) is 6.13. The van der Waals surface area contributed by atoms with Gasteiger partial charge < -0.3 is 15.0 Å². The molecule has 1 aromatic rings. The molecule has 4 nitrogen and oxygen atoms in total. The Kier molecular flexibility index (Phi) is 5.82. The Morgan fingerprint density at radius 2 is 2.38 bits per heavy atom. The molecular formula is C16H21BrN2O2. The first kappa shape index (κ1) is 16.0. The van der Waals surface area contributed by atoms with Crippen molar-refractivity contribution in [1.29, 1.82) is 0 Å². The maximum absolute atomic E-state index is 12.2. The van der Waals surface area contributed by atoms with Gasteiger partial charge in [-0.2, -0.15) is 0 Å². The zero-order valence-electron chi connectivity index (χ0n) is 12.4. The van der Waals surface area contributed by atoms with Crippen molar-refractivity contribution in [2.45, 2.75) is 6.42 Å². The third-order valence-electron chi connectivity index (χ3n) is 3.69. The van der Waals surface area contributed by atoms with E-state index < -0.39 is 0 Å². The van der Waals surface area contributed by atoms with E-state index in [0.717, 1.165) is 41.8 Å². The van der Waals surface area contributed by atoms with Gasteiger partial charge >= 0.3 is 0 Å². The smallest absolute Gasteiger partial charge is 0.246 e. The van der Waals surface area contributed by atoms with Crippen LogP contribution in [0.5, 0.6) is 5.75 Å². The Balaban J connectivity index is 2.01. The monoisotopic (exact) mass is 352 g/mol. The lowest BCUT2D eigenvalue weighted by Crippen LogP contribution is -2.28. The molecule has 0 spiro atoms. The molecule has 0 radical (unpaired) electrons. The molecule has 1 fully saturated rings. The van der Waals surface area contributed by atoms with E-state index in [1.165, 1.54) is 0 Å². The number of carbonyl (C=O) groups is 1. The lowest BCUT2D eigenvalue weighted by atomic mass is 10.1. The molecule has 1 aliphatic heterocycles. The van der Waals surface area contributed by atoms with E-state index in [-0.39, 0.29) is 5.91 Å². The fraction of sp³-hybridized carbons (Fsp3) is 0.438. The molecule has 1 amide bonds. The van der Waals surface area contributed by atoms with Crippen LogP contribution in [0.3, 0.4) is 0 Å². The maximum atomic E-state index is 12.2. The van der Waals surface area contributed by atoms with Crippen molar-refractivity contribution in [3.05, 3.63) is 34.3 Å². The lowest BCUT2D eigenvalue weighted by molar-refractivity contribution is -0.125. The number of methoxy groups -OCH3 is 1. The van der Waals surface area contributed by atoms with Gasteiger partial charge in [-0.15, -0.1) is 0 Å². The lowest BCUT2D eigenvalue weighted by Gasteiger charge is -2.14. The fourth-order valence-electron chi connectivity index (χ4n) is 2.59. The average Bonchev–Trinajstić information content (AvgIpc) is 2.94. The number of benzene rings is 1. The summed E-state index contributed by atoms with van der Waals surface area (Å²) in [6.07, 6.45) is 4.52. The summed E-state index contributed by atoms with van der Waals surface area (Å²) in [6, 6.07) is 5.74. The zero-order chi connectivity index (χ0) is 15.2. The minimum Gasteiger partial charge on any atom is -0.496 e. The number of carbonyl (C=O) groups excluding carboxylic acids is 1. The summed E-state index contributed by atoms with van der Waals surface area (Å²) in [7, 11) is 3.58. The molecule has 1 N–H and O–H groups in total. The Bertz CT molecular complexity index is 531. The molecule has 1 unspecified atom stereocenters. The maximum Gasteiger partial charge on any atom is 0.246 e. The van der Waals surface area contributed by atoms with Gasteiger partial charge in [-0.1, -0.05) is 15.9 Å². The second-order valence-electron chi connectivity index (χ2n) is 5.22. The predicted molar refractivity (Wildman–Crippen MR) is 88.3 cm³/mol. The molecule has 0 aliphatic carbocycles. The Morgan fingerprint density at radius 3 is 3.10 bits per heavy atom. The number of halogens is 1. The van der Waals surface area contributed by atoms with Crippen LogP contribution in [-0.4, -0.2) is 44.6 Å². The van der Waals surface area contributed by atoms with E-state index in [0.29, 0.717) is 5.92 Å². The van der Waals surface area contributed by atoms with Crippen LogP contribution in [0, 0.1) is 5.92 Å². The summed E-state index contributed by atoms with van der Waals surface area (Å²) in [6.45, 7) is 2.64. The number of hydrogen-bond donors (Lipinski definition) is 1. The van der Waals surface area contributed by atoms with Gasteiger partial charge in [-0.05, 0) is 50.2 Å². The first-order chi connectivity index (χ1) is 10.1. The average molecular weight is 353 g/mol. The van der Waals surface area contributed by atoms with Gasteiger partial charge in [-0.25, -0.2) is 0 Å². The molecule has 2 rings (SSSR count). The molecule has 1 heterocycles. The summed E-state index contributed by atoms with van der Waals surface area (Å²) in [5, 5.41) is 3.17. The highest BCUT2D eigenvalue weighted by molar-refractivity contribution is 9.10. The molecule has 1 aromatic carbocycles. The summed E-state index contributed by atoms with van der Waals surface area (Å²) in [5.74, 6) is 1.39. The van der Waals surface area contributed by atoms with Gasteiger partial charge in [0.2, 0.25) is 5.91 Å². The van der Waals surface area contributed by atoms with E-state index in [1.54, 1.807) is 13.2 Å².